The fraction of sp³-hybridized carbons (Fsp3) is 0.250. The molecule has 2 aromatic rings. The van der Waals surface area contributed by atoms with Crippen LogP contribution in [-0.4, -0.2) is 4.92 Å². The summed E-state index contributed by atoms with van der Waals surface area (Å²) in [5.74, 6) is 0. The molecule has 0 aromatic heterocycles. The third-order valence-corrected chi connectivity index (χ3v) is 3.82. The molecule has 0 saturated heterocycles. The van der Waals surface area contributed by atoms with Gasteiger partial charge < -0.3 is 0 Å². The molecule has 20 heavy (non-hydrogen) atoms. The molecule has 1 unspecified atom stereocenters. The lowest BCUT2D eigenvalue weighted by molar-refractivity contribution is -0.385. The van der Waals surface area contributed by atoms with E-state index in [1.807, 2.05) is 32.0 Å². The van der Waals surface area contributed by atoms with Crippen molar-refractivity contribution in [2.24, 2.45) is 0 Å². The lowest BCUT2D eigenvalue weighted by Gasteiger charge is -2.15. The third-order valence-electron chi connectivity index (χ3n) is 3.44. The van der Waals surface area contributed by atoms with Gasteiger partial charge in [0.15, 0.2) is 0 Å². The van der Waals surface area contributed by atoms with Gasteiger partial charge in [-0.15, -0.1) is 11.6 Å². The molecule has 0 bridgehead atoms. The van der Waals surface area contributed by atoms with Crippen LogP contribution in [0.25, 0.3) is 0 Å². The largest absolute Gasteiger partial charge is 0.272 e. The van der Waals surface area contributed by atoms with Gasteiger partial charge in [0, 0.05) is 11.6 Å². The first kappa shape index (κ1) is 14.5. The number of nitro benzene ring substituents is 1. The van der Waals surface area contributed by atoms with Crippen molar-refractivity contribution in [3.63, 3.8) is 0 Å². The number of hydrogen-bond acceptors (Lipinski definition) is 2. The minimum absolute atomic E-state index is 0.129. The molecule has 0 heterocycles. The number of hydrogen-bond donors (Lipinski definition) is 0. The molecule has 0 radical (unpaired) electrons. The number of alkyl halides is 1. The van der Waals surface area contributed by atoms with E-state index in [1.165, 1.54) is 6.07 Å². The number of nitro groups is 1. The predicted octanol–water partition coefficient (Wildman–Crippen LogP) is 4.73. The van der Waals surface area contributed by atoms with Crippen molar-refractivity contribution in [1.82, 2.24) is 0 Å². The standard InChI is InChI=1S/C16H16ClNO2/c1-11-6-5-7-12(2)16(11)14(17)10-13-8-3-4-9-15(13)18(19)20/h3-9,14H,10H2,1-2H3. The van der Waals surface area contributed by atoms with Gasteiger partial charge in [-0.2, -0.15) is 0 Å². The van der Waals surface area contributed by atoms with Crippen molar-refractivity contribution >= 4 is 17.3 Å². The van der Waals surface area contributed by atoms with Gasteiger partial charge in [0.25, 0.3) is 5.69 Å². The van der Waals surface area contributed by atoms with Gasteiger partial charge in [-0.05, 0) is 37.0 Å². The highest BCUT2D eigenvalue weighted by Gasteiger charge is 2.19. The second kappa shape index (κ2) is 6.06. The zero-order valence-corrected chi connectivity index (χ0v) is 12.2. The van der Waals surface area contributed by atoms with Crippen molar-refractivity contribution in [3.05, 3.63) is 74.8 Å². The van der Waals surface area contributed by atoms with E-state index in [0.717, 1.165) is 16.7 Å². The van der Waals surface area contributed by atoms with E-state index in [1.54, 1.807) is 18.2 Å². The van der Waals surface area contributed by atoms with Crippen LogP contribution in [0.2, 0.25) is 0 Å². The number of nitrogens with zero attached hydrogens (tertiary/aromatic N) is 1. The predicted molar refractivity (Wildman–Crippen MR) is 81.3 cm³/mol. The molecule has 0 aliphatic carbocycles. The number of benzene rings is 2. The van der Waals surface area contributed by atoms with Crippen LogP contribution < -0.4 is 0 Å². The second-order valence-electron chi connectivity index (χ2n) is 4.86. The van der Waals surface area contributed by atoms with E-state index in [-0.39, 0.29) is 16.0 Å². The van der Waals surface area contributed by atoms with E-state index >= 15 is 0 Å². The van der Waals surface area contributed by atoms with Crippen molar-refractivity contribution in [1.29, 1.82) is 0 Å². The molecule has 0 aliphatic rings. The Kier molecular flexibility index (Phi) is 4.40. The first-order chi connectivity index (χ1) is 9.50. The molecule has 0 fully saturated rings. The average molecular weight is 290 g/mol. The van der Waals surface area contributed by atoms with Crippen molar-refractivity contribution in [3.8, 4) is 0 Å². The molecule has 2 rings (SSSR count). The lowest BCUT2D eigenvalue weighted by atomic mass is 9.95. The van der Waals surface area contributed by atoms with E-state index < -0.39 is 0 Å². The third kappa shape index (κ3) is 2.99. The molecule has 4 heteroatoms. The van der Waals surface area contributed by atoms with Crippen molar-refractivity contribution in [2.45, 2.75) is 25.6 Å². The van der Waals surface area contributed by atoms with E-state index in [2.05, 4.69) is 0 Å². The average Bonchev–Trinajstić information content (AvgIpc) is 2.38. The highest BCUT2D eigenvalue weighted by atomic mass is 35.5. The minimum atomic E-state index is -0.357. The Labute approximate surface area is 123 Å². The first-order valence-electron chi connectivity index (χ1n) is 6.43. The van der Waals surface area contributed by atoms with Gasteiger partial charge in [-0.3, -0.25) is 10.1 Å². The van der Waals surface area contributed by atoms with Crippen molar-refractivity contribution < 1.29 is 4.92 Å². The fourth-order valence-electron chi connectivity index (χ4n) is 2.48. The zero-order chi connectivity index (χ0) is 14.7. The molecule has 1 atom stereocenters. The molecule has 0 amide bonds. The highest BCUT2D eigenvalue weighted by Crippen LogP contribution is 2.32. The van der Waals surface area contributed by atoms with Gasteiger partial charge in [-0.1, -0.05) is 36.4 Å². The summed E-state index contributed by atoms with van der Waals surface area (Å²) >= 11 is 6.51. The quantitative estimate of drug-likeness (QED) is 0.464. The Morgan fingerprint density at radius 3 is 2.30 bits per heavy atom. The van der Waals surface area contributed by atoms with Gasteiger partial charge in [0.1, 0.15) is 0 Å². The maximum atomic E-state index is 11.0. The Hall–Kier alpha value is -1.87. The van der Waals surface area contributed by atoms with Gasteiger partial charge in [0.2, 0.25) is 0 Å². The number of halogens is 1. The summed E-state index contributed by atoms with van der Waals surface area (Å²) < 4.78 is 0. The van der Waals surface area contributed by atoms with Crippen LogP contribution >= 0.6 is 11.6 Å². The van der Waals surface area contributed by atoms with Crippen LogP contribution in [0.3, 0.4) is 0 Å². The summed E-state index contributed by atoms with van der Waals surface area (Å²) in [5.41, 5.74) is 4.09. The topological polar surface area (TPSA) is 43.1 Å². The van der Waals surface area contributed by atoms with Crippen LogP contribution in [0.5, 0.6) is 0 Å². The van der Waals surface area contributed by atoms with E-state index in [0.29, 0.717) is 12.0 Å². The Morgan fingerprint density at radius 1 is 1.10 bits per heavy atom. The molecular weight excluding hydrogens is 274 g/mol. The van der Waals surface area contributed by atoms with Crippen LogP contribution in [0.4, 0.5) is 5.69 Å². The maximum Gasteiger partial charge on any atom is 0.272 e. The monoisotopic (exact) mass is 289 g/mol. The van der Waals surface area contributed by atoms with E-state index in [4.69, 9.17) is 11.6 Å². The number of rotatable bonds is 4. The summed E-state index contributed by atoms with van der Waals surface area (Å²) in [6, 6.07) is 12.8. The smallest absolute Gasteiger partial charge is 0.258 e. The number of para-hydroxylation sites is 1. The molecule has 3 nitrogen and oxygen atoms in total. The minimum Gasteiger partial charge on any atom is -0.258 e. The molecule has 0 spiro atoms. The summed E-state index contributed by atoms with van der Waals surface area (Å²) in [6.45, 7) is 4.02. The first-order valence-corrected chi connectivity index (χ1v) is 6.87. The summed E-state index contributed by atoms with van der Waals surface area (Å²) in [7, 11) is 0. The Bertz CT molecular complexity index is 620. The lowest BCUT2D eigenvalue weighted by Crippen LogP contribution is -2.03. The van der Waals surface area contributed by atoms with Gasteiger partial charge >= 0.3 is 0 Å². The maximum absolute atomic E-state index is 11.0. The highest BCUT2D eigenvalue weighted by molar-refractivity contribution is 6.21. The Balaban J connectivity index is 2.33. The SMILES string of the molecule is Cc1cccc(C)c1C(Cl)Cc1ccccc1[N+](=O)[O-]. The van der Waals surface area contributed by atoms with Crippen LogP contribution in [0.15, 0.2) is 42.5 Å². The van der Waals surface area contributed by atoms with Crippen LogP contribution in [0, 0.1) is 24.0 Å². The fourth-order valence-corrected chi connectivity index (χ4v) is 2.99. The molecular formula is C16H16ClNO2. The molecule has 104 valence electrons. The van der Waals surface area contributed by atoms with E-state index in [9.17, 15) is 10.1 Å². The second-order valence-corrected chi connectivity index (χ2v) is 5.39. The Morgan fingerprint density at radius 2 is 1.70 bits per heavy atom. The summed E-state index contributed by atoms with van der Waals surface area (Å²) in [6.07, 6.45) is 0.449. The van der Waals surface area contributed by atoms with Crippen molar-refractivity contribution in [2.75, 3.05) is 0 Å². The van der Waals surface area contributed by atoms with Crippen LogP contribution in [-0.2, 0) is 6.42 Å². The molecule has 0 N–H and O–H groups in total. The normalized spacial score (nSPS) is 12.2. The summed E-state index contributed by atoms with van der Waals surface area (Å²) in [4.78, 5) is 10.7. The molecule has 0 saturated carbocycles. The zero-order valence-electron chi connectivity index (χ0n) is 11.5. The van der Waals surface area contributed by atoms with Gasteiger partial charge in [0.05, 0.1) is 10.3 Å². The van der Waals surface area contributed by atoms with Crippen LogP contribution in [0.1, 0.15) is 27.6 Å². The van der Waals surface area contributed by atoms with Gasteiger partial charge in [-0.25, -0.2) is 0 Å². The number of aryl methyl sites for hydroxylation is 2. The summed E-state index contributed by atoms with van der Waals surface area (Å²) in [5, 5.41) is 10.8. The molecule has 0 aliphatic heterocycles. The molecule has 2 aromatic carbocycles.